The molecule has 2 atom stereocenters. The number of aldehydes is 1. The summed E-state index contributed by atoms with van der Waals surface area (Å²) < 4.78 is 5.33. The number of amides is 2. The molecule has 0 spiro atoms. The number of hydrogen-bond donors (Lipinski definition) is 2. The molecule has 0 saturated heterocycles. The van der Waals surface area contributed by atoms with Crippen LogP contribution in [0.25, 0.3) is 0 Å². The van der Waals surface area contributed by atoms with E-state index in [0.717, 1.165) is 0 Å². The fourth-order valence-electron chi connectivity index (χ4n) is 2.37. The monoisotopic (exact) mass is 398 g/mol. The van der Waals surface area contributed by atoms with Crippen molar-refractivity contribution in [1.29, 1.82) is 0 Å². The van der Waals surface area contributed by atoms with Crippen molar-refractivity contribution in [1.82, 2.24) is 10.6 Å². The summed E-state index contributed by atoms with van der Waals surface area (Å²) in [5.41, 5.74) is 0.471. The average molecular weight is 399 g/mol. The number of thioether (sulfide) groups is 1. The zero-order valence-corrected chi connectivity index (χ0v) is 16.6. The quantitative estimate of drug-likeness (QED) is 0.318. The van der Waals surface area contributed by atoms with Crippen molar-refractivity contribution >= 4 is 36.3 Å². The van der Waals surface area contributed by atoms with Crippen molar-refractivity contribution in [3.63, 3.8) is 0 Å². The molecule has 1 rings (SSSR count). The highest BCUT2D eigenvalue weighted by Crippen LogP contribution is 2.14. The van der Waals surface area contributed by atoms with Crippen LogP contribution in [0.5, 0.6) is 5.75 Å². The minimum Gasteiger partial charge on any atom is -0.425 e. The maximum Gasteiger partial charge on any atom is 0.334 e. The van der Waals surface area contributed by atoms with E-state index in [2.05, 4.69) is 10.6 Å². The Morgan fingerprint density at radius 2 is 1.85 bits per heavy atom. The summed E-state index contributed by atoms with van der Waals surface area (Å²) in [5.74, 6) is 0.115. The van der Waals surface area contributed by atoms with E-state index in [1.54, 1.807) is 11.8 Å². The van der Waals surface area contributed by atoms with Gasteiger partial charge in [-0.15, -0.1) is 0 Å². The highest BCUT2D eigenvalue weighted by atomic mass is 32.2. The molecule has 1 aromatic rings. The number of nitrogens with one attached hydrogen (secondary N) is 2. The molecule has 0 radical (unpaired) electrons. The van der Waals surface area contributed by atoms with E-state index in [-0.39, 0.29) is 8.77 Å². The van der Waals surface area contributed by atoms with E-state index < -0.39 is 24.0 Å². The van der Waals surface area contributed by atoms with Crippen molar-refractivity contribution in [2.75, 3.05) is 12.0 Å². The van der Waals surface area contributed by atoms with Crippen molar-refractivity contribution in [3.05, 3.63) is 29.8 Å². The van der Waals surface area contributed by atoms with Crippen LogP contribution in [0.4, 0.5) is 0 Å². The van der Waals surface area contributed by atoms with Crippen LogP contribution in [-0.4, -0.2) is 48.7 Å². The van der Waals surface area contributed by atoms with Gasteiger partial charge in [-0.25, -0.2) is 4.79 Å². The molecule has 0 heterocycles. The number of carbonyl (C=O) groups is 4. The van der Waals surface area contributed by atoms with Crippen LogP contribution in [0.3, 0.4) is 0 Å². The molecule has 0 aliphatic carbocycles. The molecule has 2 amide bonds. The highest BCUT2D eigenvalue weighted by molar-refractivity contribution is 7.98. The number of ether oxygens (including phenoxy) is 1. The summed E-state index contributed by atoms with van der Waals surface area (Å²) in [6, 6.07) is 4.57. The summed E-state index contributed by atoms with van der Waals surface area (Å²) in [6.45, 7) is 3.86. The number of hydrogen-bond acceptors (Lipinski definition) is 6. The number of rotatable bonds is 12. The van der Waals surface area contributed by atoms with Crippen molar-refractivity contribution < 1.29 is 26.8 Å². The molecule has 0 aliphatic heterocycles. The van der Waals surface area contributed by atoms with Gasteiger partial charge in [0.2, 0.25) is 12.3 Å². The summed E-state index contributed by atoms with van der Waals surface area (Å²) in [6.07, 6.45) is 3.94. The summed E-state index contributed by atoms with van der Waals surface area (Å²) in [5, 5.41) is 5.17. The maximum absolute atomic E-state index is 12.5. The van der Waals surface area contributed by atoms with Crippen LogP contribution in [0.2, 0.25) is 0 Å². The van der Waals surface area contributed by atoms with E-state index >= 15 is 0 Å². The number of benzene rings is 1. The van der Waals surface area contributed by atoms with Gasteiger partial charge in [-0.2, -0.15) is 11.8 Å². The Balaban J connectivity index is 0. The molecular formula is C19H30N2O5S. The van der Waals surface area contributed by atoms with Gasteiger partial charge in [0.05, 0.1) is 0 Å². The van der Waals surface area contributed by atoms with Crippen LogP contribution < -0.4 is 15.4 Å². The predicted octanol–water partition coefficient (Wildman–Crippen LogP) is 2.30. The Morgan fingerprint density at radius 3 is 2.37 bits per heavy atom. The second-order valence-electron chi connectivity index (χ2n) is 6.42. The van der Waals surface area contributed by atoms with Gasteiger partial charge in [0.1, 0.15) is 24.1 Å². The SMILES string of the molecule is CSCC[C@H](NC=O)C(=O)N[C@@H](CC(C)C)C(=O)Oc1ccc(C=O)cc1.[HH].[HH]. The van der Waals surface area contributed by atoms with Crippen LogP contribution in [-0.2, 0) is 14.4 Å². The number of esters is 1. The molecule has 0 bridgehead atoms. The molecule has 7 nitrogen and oxygen atoms in total. The second-order valence-corrected chi connectivity index (χ2v) is 7.40. The lowest BCUT2D eigenvalue weighted by atomic mass is 10.0. The van der Waals surface area contributed by atoms with Gasteiger partial charge >= 0.3 is 5.97 Å². The third-order valence-corrected chi connectivity index (χ3v) is 4.38. The topological polar surface area (TPSA) is 102 Å². The summed E-state index contributed by atoms with van der Waals surface area (Å²) in [4.78, 5) is 46.5. The molecule has 0 unspecified atom stereocenters. The van der Waals surface area contributed by atoms with Crippen LogP contribution in [0, 0.1) is 5.92 Å². The summed E-state index contributed by atoms with van der Waals surface area (Å²) >= 11 is 1.56. The maximum atomic E-state index is 12.5. The van der Waals surface area contributed by atoms with E-state index in [9.17, 15) is 19.2 Å². The fourth-order valence-corrected chi connectivity index (χ4v) is 2.84. The van der Waals surface area contributed by atoms with E-state index in [1.807, 2.05) is 20.1 Å². The molecule has 27 heavy (non-hydrogen) atoms. The fraction of sp³-hybridized carbons (Fsp3) is 0.474. The Morgan fingerprint density at radius 1 is 1.19 bits per heavy atom. The predicted molar refractivity (Wildman–Crippen MR) is 109 cm³/mol. The van der Waals surface area contributed by atoms with Gasteiger partial charge in [-0.1, -0.05) is 13.8 Å². The first kappa shape index (κ1) is 22.7. The van der Waals surface area contributed by atoms with Crippen molar-refractivity contribution in [2.24, 2.45) is 5.92 Å². The Labute approximate surface area is 166 Å². The Bertz CT molecular complexity index is 644. The van der Waals surface area contributed by atoms with Gasteiger partial charge in [-0.05, 0) is 55.0 Å². The number of carbonyl (C=O) groups excluding carboxylic acids is 4. The third-order valence-electron chi connectivity index (χ3n) is 3.74. The van der Waals surface area contributed by atoms with E-state index in [1.165, 1.54) is 24.3 Å². The molecule has 8 heteroatoms. The Kier molecular flexibility index (Phi) is 10.2. The van der Waals surface area contributed by atoms with E-state index in [4.69, 9.17) is 4.74 Å². The molecule has 0 aromatic heterocycles. The minimum atomic E-state index is -0.839. The third kappa shape index (κ3) is 8.25. The van der Waals surface area contributed by atoms with Gasteiger partial charge in [0.25, 0.3) is 0 Å². The molecular weight excluding hydrogens is 368 g/mol. The lowest BCUT2D eigenvalue weighted by Crippen LogP contribution is -2.51. The van der Waals surface area contributed by atoms with Gasteiger partial charge < -0.3 is 15.4 Å². The standard InChI is InChI=1S/C19H26N2O5S.2H2/c1-13(2)10-17(21-18(24)16(20-12-23)8-9-27-3)19(25)26-15-6-4-14(11-22)5-7-15;;/h4-7,11-13,16-17H,8-10H2,1-3H3,(H,20,23)(H,21,24);2*1H/t16-,17-;;/m0../s1. The molecule has 2 N–H and O–H groups in total. The van der Waals surface area contributed by atoms with Gasteiger partial charge in [0.15, 0.2) is 0 Å². The van der Waals surface area contributed by atoms with Crippen LogP contribution in [0.15, 0.2) is 24.3 Å². The highest BCUT2D eigenvalue weighted by Gasteiger charge is 2.27. The molecule has 0 saturated carbocycles. The lowest BCUT2D eigenvalue weighted by Gasteiger charge is -2.22. The van der Waals surface area contributed by atoms with Crippen molar-refractivity contribution in [2.45, 2.75) is 38.8 Å². The zero-order chi connectivity index (χ0) is 20.2. The van der Waals surface area contributed by atoms with E-state index in [0.29, 0.717) is 42.6 Å². The van der Waals surface area contributed by atoms with Crippen LogP contribution in [0.1, 0.15) is 39.9 Å². The molecule has 0 aliphatic rings. The largest absolute Gasteiger partial charge is 0.425 e. The first-order valence-corrected chi connectivity index (χ1v) is 10.1. The Hall–Kier alpha value is -2.35. The molecule has 152 valence electrons. The van der Waals surface area contributed by atoms with Gasteiger partial charge in [0, 0.05) is 8.42 Å². The van der Waals surface area contributed by atoms with Crippen molar-refractivity contribution in [3.8, 4) is 5.75 Å². The second kappa shape index (κ2) is 12.1. The molecule has 0 fully saturated rings. The lowest BCUT2D eigenvalue weighted by molar-refractivity contribution is -0.140. The van der Waals surface area contributed by atoms with Gasteiger partial charge in [-0.3, -0.25) is 14.4 Å². The summed E-state index contributed by atoms with van der Waals surface area (Å²) in [7, 11) is 0. The average Bonchev–Trinajstić information content (AvgIpc) is 2.64. The zero-order valence-electron chi connectivity index (χ0n) is 15.8. The minimum absolute atomic E-state index is 0. The molecule has 1 aromatic carbocycles. The normalized spacial score (nSPS) is 12.7. The smallest absolute Gasteiger partial charge is 0.334 e. The van der Waals surface area contributed by atoms with Crippen LogP contribution >= 0.6 is 11.8 Å². The first-order chi connectivity index (χ1) is 12.9. The first-order valence-electron chi connectivity index (χ1n) is 8.67.